The fraction of sp³-hybridized carbons (Fsp3) is 0.605. The van der Waals surface area contributed by atoms with E-state index in [4.69, 9.17) is 18.5 Å². The van der Waals surface area contributed by atoms with Gasteiger partial charge in [0.15, 0.2) is 6.10 Å². The van der Waals surface area contributed by atoms with Crippen LogP contribution in [0.15, 0.2) is 170 Å². The molecule has 0 rings (SSSR count). The number of phosphoric acid groups is 1. The largest absolute Gasteiger partial charge is 0.756 e. The summed E-state index contributed by atoms with van der Waals surface area (Å²) in [6.07, 6.45) is 98.6. The normalized spacial score (nSPS) is 14.3. The molecular weight excluding hydrogens is 1090 g/mol. The minimum atomic E-state index is -4.67. The first kappa shape index (κ1) is 81.4. The third kappa shape index (κ3) is 68.5. The molecule has 0 radical (unpaired) electrons. The van der Waals surface area contributed by atoms with E-state index in [1.165, 1.54) is 83.5 Å². The lowest BCUT2D eigenvalue weighted by Crippen LogP contribution is -2.37. The van der Waals surface area contributed by atoms with Gasteiger partial charge >= 0.3 is 11.9 Å². The summed E-state index contributed by atoms with van der Waals surface area (Å²) in [5.74, 6) is -0.893. The lowest BCUT2D eigenvalue weighted by Gasteiger charge is -2.28. The SMILES string of the molecule is CC/C=C\C/C=C\C/C=C\C/C=C\C/C=C\C/C=C\C/C=C\C/C=C\CCCCC(=O)OC(COC(=O)CCCCCCCCCCCCCCCCCC/C=C\C/C=C\C/C=C\C/C=C\C/C=C\C/C=C\CC)COP(=O)([O-])OCC[N+](C)(C)C. The monoisotopic (exact) mass is 1210 g/mol. The molecule has 0 bridgehead atoms. The summed E-state index contributed by atoms with van der Waals surface area (Å²) in [6.45, 7) is 3.95. The van der Waals surface area contributed by atoms with Gasteiger partial charge in [0, 0.05) is 12.8 Å². The number of likely N-dealkylation sites (N-methyl/N-ethyl adjacent to an activating group) is 1. The molecule has 0 saturated carbocycles. The molecule has 0 N–H and O–H groups in total. The van der Waals surface area contributed by atoms with Crippen molar-refractivity contribution in [3.63, 3.8) is 0 Å². The van der Waals surface area contributed by atoms with E-state index < -0.39 is 32.5 Å². The third-order valence-corrected chi connectivity index (χ3v) is 14.7. The molecule has 0 heterocycles. The zero-order chi connectivity index (χ0) is 62.6. The van der Waals surface area contributed by atoms with E-state index in [1.54, 1.807) is 0 Å². The van der Waals surface area contributed by atoms with Gasteiger partial charge in [-0.25, -0.2) is 0 Å². The van der Waals surface area contributed by atoms with Crippen LogP contribution in [-0.4, -0.2) is 70.0 Å². The van der Waals surface area contributed by atoms with E-state index in [-0.39, 0.29) is 26.1 Å². The van der Waals surface area contributed by atoms with E-state index in [9.17, 15) is 19.0 Å². The van der Waals surface area contributed by atoms with Crippen LogP contribution in [0.3, 0.4) is 0 Å². The summed E-state index contributed by atoms with van der Waals surface area (Å²) in [5, 5.41) is 0. The first-order chi connectivity index (χ1) is 42.0. The van der Waals surface area contributed by atoms with Gasteiger partial charge < -0.3 is 27.9 Å². The van der Waals surface area contributed by atoms with Gasteiger partial charge in [-0.1, -0.05) is 274 Å². The van der Waals surface area contributed by atoms with Crippen molar-refractivity contribution in [2.75, 3.05) is 47.5 Å². The van der Waals surface area contributed by atoms with Crippen molar-refractivity contribution in [1.29, 1.82) is 0 Å². The summed E-state index contributed by atoms with van der Waals surface area (Å²) in [5.41, 5.74) is 0. The predicted octanol–water partition coefficient (Wildman–Crippen LogP) is 21.5. The van der Waals surface area contributed by atoms with Crippen LogP contribution in [0.2, 0.25) is 0 Å². The Labute approximate surface area is 528 Å². The molecule has 0 aromatic rings. The van der Waals surface area contributed by atoms with Crippen LogP contribution in [0.4, 0.5) is 0 Å². The van der Waals surface area contributed by atoms with Crippen LogP contribution in [0, 0.1) is 0 Å². The molecule has 2 unspecified atom stereocenters. The first-order valence-corrected chi connectivity index (χ1v) is 35.3. The number of hydrogen-bond donors (Lipinski definition) is 0. The Kier molecular flexibility index (Phi) is 61.3. The Bertz CT molecular complexity index is 2060. The molecule has 0 amide bonds. The molecule has 9 nitrogen and oxygen atoms in total. The van der Waals surface area contributed by atoms with Gasteiger partial charge in [-0.3, -0.25) is 14.2 Å². The van der Waals surface area contributed by atoms with Crippen molar-refractivity contribution in [2.45, 2.75) is 251 Å². The van der Waals surface area contributed by atoms with Crippen molar-refractivity contribution in [3.8, 4) is 0 Å². The van der Waals surface area contributed by atoms with E-state index in [1.807, 2.05) is 21.1 Å². The summed E-state index contributed by atoms with van der Waals surface area (Å²) >= 11 is 0. The van der Waals surface area contributed by atoms with E-state index >= 15 is 0 Å². The predicted molar refractivity (Wildman–Crippen MR) is 369 cm³/mol. The molecule has 0 aliphatic heterocycles. The van der Waals surface area contributed by atoms with Crippen LogP contribution in [-0.2, 0) is 32.7 Å². The second kappa shape index (κ2) is 64.8. The molecule has 0 aliphatic carbocycles. The van der Waals surface area contributed by atoms with Crippen LogP contribution in [0.25, 0.3) is 0 Å². The number of phosphoric ester groups is 1. The minimum absolute atomic E-state index is 0.0480. The summed E-state index contributed by atoms with van der Waals surface area (Å²) in [6, 6.07) is 0. The van der Waals surface area contributed by atoms with Crippen molar-refractivity contribution in [2.24, 2.45) is 0 Å². The molecule has 2 atom stereocenters. The standard InChI is InChI=1S/C76H124NO8P/c1-6-8-10-12-14-16-18-20-22-24-26-28-30-32-34-35-36-37-38-39-40-41-43-44-46-48-50-52-54-56-58-60-62-64-66-68-75(78)82-72-74(73-84-86(80,81)83-71-70-77(3,4)5)85-76(79)69-67-65-63-61-59-57-55-53-51-49-47-45-42-33-31-29-27-25-23-21-19-17-15-13-11-9-7-2/h8-11,14-17,20-23,26-29,32-34,36-37,42,47,49,53,55,59,61,74H,6-7,12-13,18-19,24-25,30-31,35,38-41,43-46,48,50-52,54,56-58,60,62-73H2,1-5H3/b10-8-,11-9-,16-14-,17-15-,22-20-,23-21-,28-26-,29-27-,34-32-,37-36-,42-33-,49-47-,55-53-,61-59-. The highest BCUT2D eigenvalue weighted by molar-refractivity contribution is 7.45. The van der Waals surface area contributed by atoms with Gasteiger partial charge in [-0.15, -0.1) is 0 Å². The summed E-state index contributed by atoms with van der Waals surface area (Å²) in [7, 11) is 1.12. The second-order valence-electron chi connectivity index (χ2n) is 23.1. The molecule has 0 aromatic heterocycles. The van der Waals surface area contributed by atoms with Crippen LogP contribution in [0.1, 0.15) is 245 Å². The molecule has 486 valence electrons. The highest BCUT2D eigenvalue weighted by Crippen LogP contribution is 2.38. The van der Waals surface area contributed by atoms with Crippen molar-refractivity contribution < 1.29 is 42.1 Å². The first-order valence-electron chi connectivity index (χ1n) is 33.8. The van der Waals surface area contributed by atoms with Gasteiger partial charge in [-0.2, -0.15) is 0 Å². The lowest BCUT2D eigenvalue weighted by molar-refractivity contribution is -0.870. The van der Waals surface area contributed by atoms with Gasteiger partial charge in [0.25, 0.3) is 7.82 Å². The van der Waals surface area contributed by atoms with Crippen LogP contribution < -0.4 is 4.89 Å². The highest BCUT2D eigenvalue weighted by Gasteiger charge is 2.22. The topological polar surface area (TPSA) is 111 Å². The summed E-state index contributed by atoms with van der Waals surface area (Å²) < 4.78 is 34.2. The van der Waals surface area contributed by atoms with Gasteiger partial charge in [0.2, 0.25) is 0 Å². The van der Waals surface area contributed by atoms with Crippen LogP contribution in [0.5, 0.6) is 0 Å². The maximum atomic E-state index is 12.8. The lowest BCUT2D eigenvalue weighted by atomic mass is 10.0. The number of quaternary nitrogens is 1. The maximum absolute atomic E-state index is 12.8. The highest BCUT2D eigenvalue weighted by atomic mass is 31.2. The number of unbranched alkanes of at least 4 members (excludes halogenated alkanes) is 18. The van der Waals surface area contributed by atoms with Gasteiger partial charge in [0.05, 0.1) is 27.7 Å². The number of esters is 2. The number of ether oxygens (including phenoxy) is 2. The van der Waals surface area contributed by atoms with Crippen molar-refractivity contribution in [1.82, 2.24) is 0 Å². The quantitative estimate of drug-likeness (QED) is 0.0195. The van der Waals surface area contributed by atoms with E-state index in [0.29, 0.717) is 23.9 Å². The average molecular weight is 1210 g/mol. The van der Waals surface area contributed by atoms with Gasteiger partial charge in [-0.05, 0) is 128 Å². The number of carbonyl (C=O) groups excluding carboxylic acids is 2. The Morgan fingerprint density at radius 1 is 0.360 bits per heavy atom. The second-order valence-corrected chi connectivity index (χ2v) is 24.5. The van der Waals surface area contributed by atoms with Gasteiger partial charge in [0.1, 0.15) is 19.8 Å². The molecule has 0 fully saturated rings. The summed E-state index contributed by atoms with van der Waals surface area (Å²) in [4.78, 5) is 38.0. The maximum Gasteiger partial charge on any atom is 0.306 e. The minimum Gasteiger partial charge on any atom is -0.756 e. The Hall–Kier alpha value is -4.63. The number of rotatable bonds is 60. The molecule has 0 aromatic carbocycles. The molecule has 0 aliphatic rings. The number of carbonyl (C=O) groups is 2. The molecule has 10 heteroatoms. The van der Waals surface area contributed by atoms with Crippen LogP contribution >= 0.6 is 7.82 Å². The number of nitrogens with zero attached hydrogens (tertiary/aromatic N) is 1. The van der Waals surface area contributed by atoms with E-state index in [2.05, 4.69) is 184 Å². The zero-order valence-corrected chi connectivity index (χ0v) is 56.1. The molecule has 0 spiro atoms. The Morgan fingerprint density at radius 2 is 0.628 bits per heavy atom. The van der Waals surface area contributed by atoms with Crippen molar-refractivity contribution in [3.05, 3.63) is 170 Å². The molecule has 0 saturated heterocycles. The zero-order valence-electron chi connectivity index (χ0n) is 55.2. The smallest absolute Gasteiger partial charge is 0.306 e. The average Bonchev–Trinajstić information content (AvgIpc) is 3.53. The van der Waals surface area contributed by atoms with E-state index in [0.717, 1.165) is 122 Å². The van der Waals surface area contributed by atoms with Crippen molar-refractivity contribution >= 4 is 19.8 Å². The molecule has 86 heavy (non-hydrogen) atoms. The molecular formula is C76H124NO8P. The fourth-order valence-corrected chi connectivity index (χ4v) is 9.35. The fourth-order valence-electron chi connectivity index (χ4n) is 8.62. The number of hydrogen-bond acceptors (Lipinski definition) is 8. The third-order valence-electron chi connectivity index (χ3n) is 13.7. The number of allylic oxidation sites excluding steroid dienone is 28. The Morgan fingerprint density at radius 3 is 0.953 bits per heavy atom. The Balaban J connectivity index is 4.16.